The average molecular weight is 410 g/mol. The molecule has 0 atom stereocenters. The van der Waals surface area contributed by atoms with Gasteiger partial charge in [0.15, 0.2) is 0 Å². The normalized spacial score (nSPS) is 16.3. The van der Waals surface area contributed by atoms with Gasteiger partial charge in [-0.1, -0.05) is 0 Å². The average Bonchev–Trinajstić information content (AvgIpc) is 2.91. The van der Waals surface area contributed by atoms with Gasteiger partial charge in [0.05, 0.1) is 24.1 Å². The lowest BCUT2D eigenvalue weighted by Crippen LogP contribution is -2.35. The SMILES string of the molecule is Cc1nc(CN2CCC(CNc3cnn(C)c(=O)c3Br)CC2)oc1C. The van der Waals surface area contributed by atoms with Crippen LogP contribution in [0.25, 0.3) is 0 Å². The van der Waals surface area contributed by atoms with Gasteiger partial charge in [0.2, 0.25) is 5.89 Å². The lowest BCUT2D eigenvalue weighted by atomic mass is 9.97. The molecular weight excluding hydrogens is 386 g/mol. The summed E-state index contributed by atoms with van der Waals surface area (Å²) in [7, 11) is 1.64. The van der Waals surface area contributed by atoms with Crippen LogP contribution in [0.2, 0.25) is 0 Å². The Hall–Kier alpha value is -1.67. The molecule has 3 heterocycles. The van der Waals surface area contributed by atoms with E-state index in [9.17, 15) is 4.79 Å². The Labute approximate surface area is 155 Å². The summed E-state index contributed by atoms with van der Waals surface area (Å²) in [6, 6.07) is 0. The molecule has 25 heavy (non-hydrogen) atoms. The zero-order valence-corrected chi connectivity index (χ0v) is 16.5. The van der Waals surface area contributed by atoms with Crippen molar-refractivity contribution in [2.24, 2.45) is 13.0 Å². The van der Waals surface area contributed by atoms with E-state index in [0.29, 0.717) is 10.4 Å². The standard InChI is InChI=1S/C17H24BrN5O2/c1-11-12(2)25-15(21-11)10-23-6-4-13(5-7-23)8-19-14-9-20-22(3)17(24)16(14)18/h9,13,19H,4-8,10H2,1-3H3. The van der Waals surface area contributed by atoms with E-state index >= 15 is 0 Å². The Morgan fingerprint density at radius 3 is 2.72 bits per heavy atom. The number of likely N-dealkylation sites (tertiary alicyclic amines) is 1. The zero-order valence-electron chi connectivity index (χ0n) is 14.9. The highest BCUT2D eigenvalue weighted by molar-refractivity contribution is 9.10. The second-order valence-electron chi connectivity index (χ2n) is 6.65. The Morgan fingerprint density at radius 1 is 1.36 bits per heavy atom. The topological polar surface area (TPSA) is 76.2 Å². The lowest BCUT2D eigenvalue weighted by molar-refractivity contribution is 0.167. The summed E-state index contributed by atoms with van der Waals surface area (Å²) in [4.78, 5) is 18.7. The first kappa shape index (κ1) is 18.1. The molecular formula is C17H24BrN5O2. The summed E-state index contributed by atoms with van der Waals surface area (Å²) < 4.78 is 7.53. The summed E-state index contributed by atoms with van der Waals surface area (Å²) in [6.07, 6.45) is 3.91. The smallest absolute Gasteiger partial charge is 0.282 e. The lowest BCUT2D eigenvalue weighted by Gasteiger charge is -2.31. The third-order valence-corrected chi connectivity index (χ3v) is 5.56. The highest BCUT2D eigenvalue weighted by Crippen LogP contribution is 2.22. The van der Waals surface area contributed by atoms with Gasteiger partial charge in [0.25, 0.3) is 5.56 Å². The van der Waals surface area contributed by atoms with Crippen molar-refractivity contribution in [3.05, 3.63) is 38.4 Å². The van der Waals surface area contributed by atoms with Gasteiger partial charge in [0, 0.05) is 13.6 Å². The summed E-state index contributed by atoms with van der Waals surface area (Å²) in [5.74, 6) is 2.30. The van der Waals surface area contributed by atoms with Crippen molar-refractivity contribution in [1.82, 2.24) is 19.7 Å². The van der Waals surface area contributed by atoms with E-state index in [1.807, 2.05) is 13.8 Å². The third-order valence-electron chi connectivity index (χ3n) is 4.80. The molecule has 0 saturated carbocycles. The van der Waals surface area contributed by atoms with Crippen molar-refractivity contribution in [3.63, 3.8) is 0 Å². The number of rotatable bonds is 5. The molecule has 1 aliphatic heterocycles. The first-order valence-corrected chi connectivity index (χ1v) is 9.34. The van der Waals surface area contributed by atoms with Crippen LogP contribution in [0.15, 0.2) is 19.9 Å². The Bertz CT molecular complexity index is 773. The molecule has 0 radical (unpaired) electrons. The quantitative estimate of drug-likeness (QED) is 0.816. The number of hydrogen-bond donors (Lipinski definition) is 1. The number of halogens is 1. The number of anilines is 1. The van der Waals surface area contributed by atoms with Gasteiger partial charge >= 0.3 is 0 Å². The fourth-order valence-corrected chi connectivity index (χ4v) is 3.53. The van der Waals surface area contributed by atoms with E-state index in [1.54, 1.807) is 13.2 Å². The van der Waals surface area contributed by atoms with Crippen molar-refractivity contribution < 1.29 is 4.42 Å². The molecule has 1 saturated heterocycles. The van der Waals surface area contributed by atoms with E-state index in [0.717, 1.165) is 62.1 Å². The molecule has 0 spiro atoms. The summed E-state index contributed by atoms with van der Waals surface area (Å²) >= 11 is 3.35. The van der Waals surface area contributed by atoms with E-state index in [-0.39, 0.29) is 5.56 Å². The molecule has 2 aromatic rings. The molecule has 0 aromatic carbocycles. The third kappa shape index (κ3) is 4.30. The molecule has 136 valence electrons. The van der Waals surface area contributed by atoms with Crippen molar-refractivity contribution in [2.75, 3.05) is 25.0 Å². The molecule has 0 bridgehead atoms. The monoisotopic (exact) mass is 409 g/mol. The number of aromatic nitrogens is 3. The highest BCUT2D eigenvalue weighted by Gasteiger charge is 2.21. The fraction of sp³-hybridized carbons (Fsp3) is 0.588. The number of nitrogens with one attached hydrogen (secondary N) is 1. The molecule has 2 aromatic heterocycles. The van der Waals surface area contributed by atoms with Crippen molar-refractivity contribution in [1.29, 1.82) is 0 Å². The van der Waals surface area contributed by atoms with Crippen LogP contribution in [-0.4, -0.2) is 39.3 Å². The summed E-state index contributed by atoms with van der Waals surface area (Å²) in [6.45, 7) is 7.61. The minimum absolute atomic E-state index is 0.128. The van der Waals surface area contributed by atoms with Crippen LogP contribution in [-0.2, 0) is 13.6 Å². The van der Waals surface area contributed by atoms with Gasteiger partial charge in [0.1, 0.15) is 10.2 Å². The van der Waals surface area contributed by atoms with Gasteiger partial charge in [-0.15, -0.1) is 0 Å². The molecule has 0 unspecified atom stereocenters. The molecule has 0 amide bonds. The van der Waals surface area contributed by atoms with Crippen LogP contribution in [0.4, 0.5) is 5.69 Å². The van der Waals surface area contributed by atoms with Crippen molar-refractivity contribution in [3.8, 4) is 0 Å². The minimum atomic E-state index is -0.128. The maximum Gasteiger partial charge on any atom is 0.282 e. The maximum atomic E-state index is 11.9. The number of hydrogen-bond acceptors (Lipinski definition) is 6. The Balaban J connectivity index is 1.48. The predicted molar refractivity (Wildman–Crippen MR) is 99.6 cm³/mol. The van der Waals surface area contributed by atoms with Crippen LogP contribution in [0.3, 0.4) is 0 Å². The van der Waals surface area contributed by atoms with E-state index in [1.165, 1.54) is 4.68 Å². The fourth-order valence-electron chi connectivity index (χ4n) is 3.04. The highest BCUT2D eigenvalue weighted by atomic mass is 79.9. The van der Waals surface area contributed by atoms with Gasteiger partial charge in [-0.2, -0.15) is 5.10 Å². The zero-order chi connectivity index (χ0) is 18.0. The Morgan fingerprint density at radius 2 is 2.08 bits per heavy atom. The number of piperidine rings is 1. The van der Waals surface area contributed by atoms with Crippen molar-refractivity contribution >= 4 is 21.6 Å². The molecule has 7 nitrogen and oxygen atoms in total. The minimum Gasteiger partial charge on any atom is -0.444 e. The van der Waals surface area contributed by atoms with E-state index < -0.39 is 0 Å². The molecule has 1 N–H and O–H groups in total. The van der Waals surface area contributed by atoms with Crippen LogP contribution in [0.1, 0.15) is 30.2 Å². The second kappa shape index (κ2) is 7.70. The Kier molecular flexibility index (Phi) is 5.58. The van der Waals surface area contributed by atoms with Crippen LogP contribution >= 0.6 is 15.9 Å². The summed E-state index contributed by atoms with van der Waals surface area (Å²) in [5.41, 5.74) is 1.61. The predicted octanol–water partition coefficient (Wildman–Crippen LogP) is 2.47. The number of nitrogens with zero attached hydrogens (tertiary/aromatic N) is 4. The van der Waals surface area contributed by atoms with E-state index in [4.69, 9.17) is 4.42 Å². The maximum absolute atomic E-state index is 11.9. The summed E-state index contributed by atoms with van der Waals surface area (Å²) in [5, 5.41) is 7.41. The number of oxazole rings is 1. The van der Waals surface area contributed by atoms with Crippen LogP contribution < -0.4 is 10.9 Å². The van der Waals surface area contributed by atoms with Gasteiger partial charge in [-0.25, -0.2) is 9.67 Å². The van der Waals surface area contributed by atoms with Crippen molar-refractivity contribution in [2.45, 2.75) is 33.2 Å². The second-order valence-corrected chi connectivity index (χ2v) is 7.44. The molecule has 8 heteroatoms. The van der Waals surface area contributed by atoms with Gasteiger partial charge < -0.3 is 9.73 Å². The molecule has 0 aliphatic carbocycles. The molecule has 3 rings (SSSR count). The largest absolute Gasteiger partial charge is 0.444 e. The molecule has 1 fully saturated rings. The first-order chi connectivity index (χ1) is 11.9. The van der Waals surface area contributed by atoms with Crippen LogP contribution in [0.5, 0.6) is 0 Å². The molecule has 1 aliphatic rings. The van der Waals surface area contributed by atoms with Gasteiger partial charge in [-0.05, 0) is 61.6 Å². The first-order valence-electron chi connectivity index (χ1n) is 8.55. The van der Waals surface area contributed by atoms with Gasteiger partial charge in [-0.3, -0.25) is 9.69 Å². The van der Waals surface area contributed by atoms with Crippen LogP contribution in [0, 0.1) is 19.8 Å². The van der Waals surface area contributed by atoms with E-state index in [2.05, 4.69) is 36.2 Å². The number of aryl methyl sites for hydroxylation is 3.